The highest BCUT2D eigenvalue weighted by Crippen LogP contribution is 2.38. The van der Waals surface area contributed by atoms with Crippen molar-refractivity contribution in [2.24, 2.45) is 5.41 Å². The van der Waals surface area contributed by atoms with E-state index in [1.54, 1.807) is 0 Å². The summed E-state index contributed by atoms with van der Waals surface area (Å²) in [5, 5.41) is 57.0. The summed E-state index contributed by atoms with van der Waals surface area (Å²) in [5.41, 5.74) is -1.70. The minimum Gasteiger partial charge on any atom is -0.504 e. The van der Waals surface area contributed by atoms with Crippen molar-refractivity contribution in [1.29, 1.82) is 0 Å². The summed E-state index contributed by atoms with van der Waals surface area (Å²) in [7, 11) is 0. The first-order chi connectivity index (χ1) is 11.2. The van der Waals surface area contributed by atoms with Crippen LogP contribution in [0.25, 0.3) is 6.08 Å². The van der Waals surface area contributed by atoms with Crippen molar-refractivity contribution in [3.05, 3.63) is 29.8 Å². The average molecular weight is 338 g/mol. The van der Waals surface area contributed by atoms with Gasteiger partial charge in [-0.25, -0.2) is 0 Å². The Morgan fingerprint density at radius 1 is 1.04 bits per heavy atom. The van der Waals surface area contributed by atoms with Crippen LogP contribution in [-0.4, -0.2) is 60.7 Å². The molecule has 0 saturated heterocycles. The molecule has 0 aliphatic heterocycles. The number of hydrogen-bond donors (Lipinski definition) is 6. The van der Waals surface area contributed by atoms with Crippen LogP contribution in [0.3, 0.4) is 0 Å². The SMILES string of the molecule is O=C(O)C1(C(=O)/C=C/c2ccc(O)c(O)c2)C[C@@H](O)C(O)[C@H](O)C1. The summed E-state index contributed by atoms with van der Waals surface area (Å²) in [6, 6.07) is 3.79. The van der Waals surface area contributed by atoms with Crippen LogP contribution < -0.4 is 0 Å². The van der Waals surface area contributed by atoms with Gasteiger partial charge in [0.1, 0.15) is 11.5 Å². The maximum absolute atomic E-state index is 12.4. The molecule has 1 saturated carbocycles. The first-order valence-corrected chi connectivity index (χ1v) is 7.19. The number of carbonyl (C=O) groups excluding carboxylic acids is 1. The quantitative estimate of drug-likeness (QED) is 0.247. The molecule has 6 N–H and O–H groups in total. The van der Waals surface area contributed by atoms with E-state index < -0.39 is 54.1 Å². The highest BCUT2D eigenvalue weighted by atomic mass is 16.4. The van der Waals surface area contributed by atoms with Gasteiger partial charge in [-0.05, 0) is 36.6 Å². The van der Waals surface area contributed by atoms with Gasteiger partial charge in [0.25, 0.3) is 0 Å². The number of carbonyl (C=O) groups is 2. The van der Waals surface area contributed by atoms with Crippen LogP contribution >= 0.6 is 0 Å². The zero-order chi connectivity index (χ0) is 18.1. The second-order valence-corrected chi connectivity index (χ2v) is 5.87. The summed E-state index contributed by atoms with van der Waals surface area (Å²) in [6.07, 6.45) is -3.43. The van der Waals surface area contributed by atoms with E-state index in [0.717, 1.165) is 6.08 Å². The van der Waals surface area contributed by atoms with E-state index in [9.17, 15) is 40.2 Å². The summed E-state index contributed by atoms with van der Waals surface area (Å²) in [6.45, 7) is 0. The Hall–Kier alpha value is -2.42. The lowest BCUT2D eigenvalue weighted by atomic mass is 9.68. The Morgan fingerprint density at radius 2 is 1.62 bits per heavy atom. The molecule has 2 rings (SSSR count). The maximum atomic E-state index is 12.4. The van der Waals surface area contributed by atoms with E-state index in [0.29, 0.717) is 5.56 Å². The van der Waals surface area contributed by atoms with Gasteiger partial charge in [0.2, 0.25) is 0 Å². The van der Waals surface area contributed by atoms with Crippen LogP contribution in [0.15, 0.2) is 24.3 Å². The third-order valence-electron chi connectivity index (χ3n) is 4.21. The Labute approximate surface area is 136 Å². The third-order valence-corrected chi connectivity index (χ3v) is 4.21. The minimum atomic E-state index is -2.05. The number of aliphatic hydroxyl groups is 3. The summed E-state index contributed by atoms with van der Waals surface area (Å²) < 4.78 is 0. The molecule has 2 atom stereocenters. The van der Waals surface area contributed by atoms with E-state index in [1.165, 1.54) is 24.3 Å². The molecule has 0 bridgehead atoms. The van der Waals surface area contributed by atoms with Crippen LogP contribution in [0.5, 0.6) is 11.5 Å². The Kier molecular flexibility index (Phi) is 4.93. The number of phenolic OH excluding ortho intramolecular Hbond substituents is 2. The van der Waals surface area contributed by atoms with Crippen molar-refractivity contribution in [1.82, 2.24) is 0 Å². The van der Waals surface area contributed by atoms with Gasteiger partial charge in [0, 0.05) is 0 Å². The van der Waals surface area contributed by atoms with Crippen molar-refractivity contribution < 1.29 is 40.2 Å². The molecule has 24 heavy (non-hydrogen) atoms. The molecule has 0 spiro atoms. The molecule has 1 fully saturated rings. The highest BCUT2D eigenvalue weighted by molar-refractivity contribution is 6.10. The fourth-order valence-corrected chi connectivity index (χ4v) is 2.75. The first kappa shape index (κ1) is 17.9. The number of rotatable bonds is 4. The van der Waals surface area contributed by atoms with Crippen LogP contribution in [-0.2, 0) is 9.59 Å². The summed E-state index contributed by atoms with van der Waals surface area (Å²) >= 11 is 0. The Balaban J connectivity index is 2.28. The number of benzene rings is 1. The molecule has 1 aliphatic rings. The second-order valence-electron chi connectivity index (χ2n) is 5.87. The lowest BCUT2D eigenvalue weighted by molar-refractivity contribution is -0.172. The van der Waals surface area contributed by atoms with Crippen molar-refractivity contribution in [3.8, 4) is 11.5 Å². The molecule has 1 aromatic rings. The number of hydrogen-bond acceptors (Lipinski definition) is 7. The van der Waals surface area contributed by atoms with Gasteiger partial charge in [-0.3, -0.25) is 9.59 Å². The lowest BCUT2D eigenvalue weighted by Crippen LogP contribution is -2.55. The smallest absolute Gasteiger partial charge is 0.317 e. The van der Waals surface area contributed by atoms with Gasteiger partial charge in [0.15, 0.2) is 17.3 Å². The molecule has 0 radical (unpaired) electrons. The molecule has 8 nitrogen and oxygen atoms in total. The Bertz CT molecular complexity index is 669. The average Bonchev–Trinajstić information content (AvgIpc) is 2.52. The van der Waals surface area contributed by atoms with E-state index in [4.69, 9.17) is 0 Å². The number of allylic oxidation sites excluding steroid dienone is 1. The molecular weight excluding hydrogens is 320 g/mol. The number of carboxylic acids is 1. The van der Waals surface area contributed by atoms with Crippen LogP contribution in [0.4, 0.5) is 0 Å². The van der Waals surface area contributed by atoms with Gasteiger partial charge < -0.3 is 30.6 Å². The topological polar surface area (TPSA) is 156 Å². The number of aromatic hydroxyl groups is 2. The molecule has 0 amide bonds. The molecule has 1 aliphatic carbocycles. The zero-order valence-corrected chi connectivity index (χ0v) is 12.5. The molecule has 0 aromatic heterocycles. The zero-order valence-electron chi connectivity index (χ0n) is 12.5. The van der Waals surface area contributed by atoms with E-state index in [1.807, 2.05) is 0 Å². The van der Waals surface area contributed by atoms with Crippen LogP contribution in [0, 0.1) is 5.41 Å². The Morgan fingerprint density at radius 3 is 2.12 bits per heavy atom. The van der Waals surface area contributed by atoms with Gasteiger partial charge >= 0.3 is 5.97 Å². The molecule has 8 heteroatoms. The fraction of sp³-hybridized carbons (Fsp3) is 0.375. The van der Waals surface area contributed by atoms with Crippen molar-refractivity contribution >= 4 is 17.8 Å². The predicted octanol–water partition coefficient (Wildman–Crippen LogP) is -0.372. The predicted molar refractivity (Wildman–Crippen MR) is 81.1 cm³/mol. The van der Waals surface area contributed by atoms with Crippen LogP contribution in [0.2, 0.25) is 0 Å². The van der Waals surface area contributed by atoms with Gasteiger partial charge in [-0.2, -0.15) is 0 Å². The van der Waals surface area contributed by atoms with Crippen molar-refractivity contribution in [2.45, 2.75) is 31.2 Å². The summed E-state index contributed by atoms with van der Waals surface area (Å²) in [4.78, 5) is 24.0. The minimum absolute atomic E-state index is 0.340. The monoisotopic (exact) mass is 338 g/mol. The number of phenols is 2. The van der Waals surface area contributed by atoms with Crippen molar-refractivity contribution in [2.75, 3.05) is 0 Å². The molecule has 130 valence electrons. The number of carboxylic acid groups (broad SMARTS) is 1. The van der Waals surface area contributed by atoms with Gasteiger partial charge in [0.05, 0.1) is 12.2 Å². The normalized spacial score (nSPS) is 30.4. The maximum Gasteiger partial charge on any atom is 0.317 e. The van der Waals surface area contributed by atoms with E-state index in [-0.39, 0.29) is 5.75 Å². The number of ketones is 1. The van der Waals surface area contributed by atoms with E-state index >= 15 is 0 Å². The number of aliphatic hydroxyl groups excluding tert-OH is 3. The molecule has 0 unspecified atom stereocenters. The second kappa shape index (κ2) is 6.60. The standard InChI is InChI=1S/C16H18O8/c17-9-3-1-8(5-10(9)18)2-4-13(21)16(15(23)24)6-11(19)14(22)12(20)7-16/h1-5,11-12,14,17-20,22H,6-7H2,(H,23,24)/b4-2+/t11-,12-,14?,16?/m1/s1. The van der Waals surface area contributed by atoms with Crippen LogP contribution in [0.1, 0.15) is 18.4 Å². The summed E-state index contributed by atoms with van der Waals surface area (Å²) in [5.74, 6) is -3.10. The first-order valence-electron chi connectivity index (χ1n) is 7.19. The highest BCUT2D eigenvalue weighted by Gasteiger charge is 2.53. The van der Waals surface area contributed by atoms with Crippen molar-refractivity contribution in [3.63, 3.8) is 0 Å². The van der Waals surface area contributed by atoms with E-state index in [2.05, 4.69) is 0 Å². The molecule has 0 heterocycles. The fourth-order valence-electron chi connectivity index (χ4n) is 2.75. The number of aliphatic carboxylic acids is 1. The molecule has 1 aromatic carbocycles. The van der Waals surface area contributed by atoms with Gasteiger partial charge in [-0.15, -0.1) is 0 Å². The third kappa shape index (κ3) is 3.25. The van der Waals surface area contributed by atoms with Gasteiger partial charge in [-0.1, -0.05) is 12.1 Å². The largest absolute Gasteiger partial charge is 0.504 e. The lowest BCUT2D eigenvalue weighted by Gasteiger charge is -2.39. The molecular formula is C16H18O8.